The first-order valence-electron chi connectivity index (χ1n) is 7.45. The molecule has 2 nitrogen and oxygen atoms in total. The molecule has 0 aromatic rings. The zero-order chi connectivity index (χ0) is 12.5. The van der Waals surface area contributed by atoms with Crippen LogP contribution in [-0.4, -0.2) is 24.3 Å². The van der Waals surface area contributed by atoms with E-state index in [1.165, 1.54) is 32.1 Å². The van der Waals surface area contributed by atoms with Gasteiger partial charge in [-0.25, -0.2) is 0 Å². The van der Waals surface area contributed by atoms with E-state index in [0.29, 0.717) is 17.6 Å². The summed E-state index contributed by atoms with van der Waals surface area (Å²) in [6.45, 7) is 10.00. The molecule has 100 valence electrons. The predicted molar refractivity (Wildman–Crippen MR) is 72.2 cm³/mol. The monoisotopic (exact) mass is 239 g/mol. The van der Waals surface area contributed by atoms with Crippen molar-refractivity contribution in [3.63, 3.8) is 0 Å². The fourth-order valence-electron chi connectivity index (χ4n) is 3.62. The standard InChI is InChI=1S/C15H29NO/c1-5-14(3,4)17-13-11-12(16-6-2)15(13)9-7-8-10-15/h12-13,16H,5-11H2,1-4H3. The van der Waals surface area contributed by atoms with Crippen LogP contribution in [0.3, 0.4) is 0 Å². The van der Waals surface area contributed by atoms with Crippen LogP contribution in [-0.2, 0) is 4.74 Å². The Morgan fingerprint density at radius 3 is 2.41 bits per heavy atom. The van der Waals surface area contributed by atoms with E-state index < -0.39 is 0 Å². The Morgan fingerprint density at radius 1 is 1.24 bits per heavy atom. The van der Waals surface area contributed by atoms with Crippen molar-refractivity contribution in [2.45, 2.75) is 84.0 Å². The highest BCUT2D eigenvalue weighted by Gasteiger charge is 2.57. The van der Waals surface area contributed by atoms with Crippen molar-refractivity contribution < 1.29 is 4.74 Å². The second-order valence-electron chi connectivity index (χ2n) is 6.51. The van der Waals surface area contributed by atoms with Gasteiger partial charge in [0.05, 0.1) is 11.7 Å². The molecule has 1 N–H and O–H groups in total. The Bertz CT molecular complexity index is 256. The molecule has 2 rings (SSSR count). The van der Waals surface area contributed by atoms with Crippen molar-refractivity contribution >= 4 is 0 Å². The lowest BCUT2D eigenvalue weighted by molar-refractivity contribution is -0.190. The van der Waals surface area contributed by atoms with Gasteiger partial charge in [0, 0.05) is 11.5 Å². The van der Waals surface area contributed by atoms with Crippen molar-refractivity contribution in [2.75, 3.05) is 6.54 Å². The van der Waals surface area contributed by atoms with Crippen LogP contribution in [0.15, 0.2) is 0 Å². The van der Waals surface area contributed by atoms with Gasteiger partial charge < -0.3 is 10.1 Å². The van der Waals surface area contributed by atoms with Crippen LogP contribution in [0.2, 0.25) is 0 Å². The van der Waals surface area contributed by atoms with Gasteiger partial charge in [0.25, 0.3) is 0 Å². The average molecular weight is 239 g/mol. The third kappa shape index (κ3) is 2.39. The number of hydrogen-bond acceptors (Lipinski definition) is 2. The van der Waals surface area contributed by atoms with E-state index in [0.717, 1.165) is 13.0 Å². The third-order valence-corrected chi connectivity index (χ3v) is 5.08. The summed E-state index contributed by atoms with van der Waals surface area (Å²) in [4.78, 5) is 0. The smallest absolute Gasteiger partial charge is 0.0668 e. The SMILES string of the molecule is CCNC1CC(OC(C)(C)CC)C12CCCC2. The van der Waals surface area contributed by atoms with Gasteiger partial charge in [-0.2, -0.15) is 0 Å². The minimum atomic E-state index is 0.0530. The maximum atomic E-state index is 6.40. The lowest BCUT2D eigenvalue weighted by Crippen LogP contribution is -2.64. The van der Waals surface area contributed by atoms with E-state index in [1.54, 1.807) is 0 Å². The minimum absolute atomic E-state index is 0.0530. The molecule has 0 aromatic heterocycles. The summed E-state index contributed by atoms with van der Waals surface area (Å²) in [5.41, 5.74) is 0.528. The molecule has 2 heteroatoms. The zero-order valence-corrected chi connectivity index (χ0v) is 12.0. The molecule has 0 aliphatic heterocycles. The predicted octanol–water partition coefficient (Wildman–Crippen LogP) is 3.50. The van der Waals surface area contributed by atoms with Crippen molar-refractivity contribution in [1.29, 1.82) is 0 Å². The molecule has 0 saturated heterocycles. The van der Waals surface area contributed by atoms with Crippen LogP contribution in [0, 0.1) is 5.41 Å². The minimum Gasteiger partial charge on any atom is -0.372 e. The van der Waals surface area contributed by atoms with Crippen LogP contribution in [0.25, 0.3) is 0 Å². The first-order valence-corrected chi connectivity index (χ1v) is 7.45. The molecule has 0 radical (unpaired) electrons. The van der Waals surface area contributed by atoms with E-state index in [-0.39, 0.29) is 5.60 Å². The second kappa shape index (κ2) is 4.89. The Hall–Kier alpha value is -0.0800. The van der Waals surface area contributed by atoms with E-state index in [1.807, 2.05) is 0 Å². The van der Waals surface area contributed by atoms with Gasteiger partial charge in [-0.1, -0.05) is 26.7 Å². The molecule has 2 atom stereocenters. The Kier molecular flexibility index (Phi) is 3.84. The van der Waals surface area contributed by atoms with E-state index >= 15 is 0 Å². The molecular weight excluding hydrogens is 210 g/mol. The fourth-order valence-corrected chi connectivity index (χ4v) is 3.62. The maximum absolute atomic E-state index is 6.40. The molecular formula is C15H29NO. The fraction of sp³-hybridized carbons (Fsp3) is 1.00. The Morgan fingerprint density at radius 2 is 1.88 bits per heavy atom. The van der Waals surface area contributed by atoms with Crippen molar-refractivity contribution in [1.82, 2.24) is 5.32 Å². The molecule has 0 heterocycles. The third-order valence-electron chi connectivity index (χ3n) is 5.08. The van der Waals surface area contributed by atoms with Crippen LogP contribution >= 0.6 is 0 Å². The zero-order valence-electron chi connectivity index (χ0n) is 12.0. The number of rotatable bonds is 5. The van der Waals surface area contributed by atoms with Gasteiger partial charge in [-0.3, -0.25) is 0 Å². The van der Waals surface area contributed by atoms with Crippen molar-refractivity contribution in [3.8, 4) is 0 Å². The summed E-state index contributed by atoms with van der Waals surface area (Å²) < 4.78 is 6.40. The first kappa shape index (κ1) is 13.4. The van der Waals surface area contributed by atoms with Crippen LogP contribution < -0.4 is 5.32 Å². The van der Waals surface area contributed by atoms with Gasteiger partial charge >= 0.3 is 0 Å². The van der Waals surface area contributed by atoms with Gasteiger partial charge in [0.2, 0.25) is 0 Å². The van der Waals surface area contributed by atoms with E-state index in [4.69, 9.17) is 4.74 Å². The molecule has 1 spiro atoms. The van der Waals surface area contributed by atoms with E-state index in [9.17, 15) is 0 Å². The molecule has 2 aliphatic rings. The Labute approximate surface area is 107 Å². The van der Waals surface area contributed by atoms with Crippen molar-refractivity contribution in [3.05, 3.63) is 0 Å². The summed E-state index contributed by atoms with van der Waals surface area (Å²) in [6.07, 6.45) is 8.36. The molecule has 17 heavy (non-hydrogen) atoms. The topological polar surface area (TPSA) is 21.3 Å². The summed E-state index contributed by atoms with van der Waals surface area (Å²) in [5.74, 6) is 0. The normalized spacial score (nSPS) is 31.8. The summed E-state index contributed by atoms with van der Waals surface area (Å²) in [5, 5.41) is 3.67. The van der Waals surface area contributed by atoms with Crippen LogP contribution in [0.1, 0.15) is 66.2 Å². The number of hydrogen-bond donors (Lipinski definition) is 1. The Balaban J connectivity index is 2.00. The van der Waals surface area contributed by atoms with Gasteiger partial charge in [0.15, 0.2) is 0 Å². The molecule has 2 fully saturated rings. The molecule has 2 saturated carbocycles. The molecule has 0 amide bonds. The molecule has 0 bridgehead atoms. The lowest BCUT2D eigenvalue weighted by atomic mass is 9.60. The molecule has 2 unspecified atom stereocenters. The van der Waals surface area contributed by atoms with Gasteiger partial charge in [-0.15, -0.1) is 0 Å². The summed E-state index contributed by atoms with van der Waals surface area (Å²) >= 11 is 0. The largest absolute Gasteiger partial charge is 0.372 e. The average Bonchev–Trinajstić information content (AvgIpc) is 2.79. The maximum Gasteiger partial charge on any atom is 0.0668 e. The summed E-state index contributed by atoms with van der Waals surface area (Å²) in [7, 11) is 0. The summed E-state index contributed by atoms with van der Waals surface area (Å²) in [6, 6.07) is 0.715. The van der Waals surface area contributed by atoms with Gasteiger partial charge in [-0.05, 0) is 46.1 Å². The molecule has 2 aliphatic carbocycles. The number of ether oxygens (including phenoxy) is 1. The van der Waals surface area contributed by atoms with Crippen LogP contribution in [0.4, 0.5) is 0 Å². The first-order chi connectivity index (χ1) is 8.04. The van der Waals surface area contributed by atoms with E-state index in [2.05, 4.69) is 33.0 Å². The molecule has 0 aromatic carbocycles. The number of nitrogens with one attached hydrogen (secondary N) is 1. The highest BCUT2D eigenvalue weighted by molar-refractivity contribution is 5.10. The van der Waals surface area contributed by atoms with Crippen LogP contribution in [0.5, 0.6) is 0 Å². The quantitative estimate of drug-likeness (QED) is 0.793. The lowest BCUT2D eigenvalue weighted by Gasteiger charge is -2.56. The highest BCUT2D eigenvalue weighted by Crippen LogP contribution is 2.55. The van der Waals surface area contributed by atoms with Gasteiger partial charge in [0.1, 0.15) is 0 Å². The second-order valence-corrected chi connectivity index (χ2v) is 6.51. The van der Waals surface area contributed by atoms with Crippen molar-refractivity contribution in [2.24, 2.45) is 5.41 Å². The highest BCUT2D eigenvalue weighted by atomic mass is 16.5.